The third kappa shape index (κ3) is 35.8. The van der Waals surface area contributed by atoms with Crippen LogP contribution in [0.15, 0.2) is 0 Å². The normalized spacial score (nSPS) is 10.3. The number of unbranched alkanes of at least 4 members (excludes halogenated alkanes) is 18. The highest BCUT2D eigenvalue weighted by molar-refractivity contribution is 5.66. The van der Waals surface area contributed by atoms with Gasteiger partial charge in [-0.3, -0.25) is 4.79 Å². The van der Waals surface area contributed by atoms with E-state index in [-0.39, 0.29) is 0 Å². The lowest BCUT2D eigenvalue weighted by Crippen LogP contribution is -1.93. The summed E-state index contributed by atoms with van der Waals surface area (Å²) in [6.45, 7) is 2.28. The fourth-order valence-corrected chi connectivity index (χ4v) is 3.35. The lowest BCUT2D eigenvalue weighted by atomic mass is 10.0. The number of carbonyl (C=O) groups is 2. The quantitative estimate of drug-likeness (QED) is 0.179. The summed E-state index contributed by atoms with van der Waals surface area (Å²) in [5.74, 6) is -0.651. The van der Waals surface area contributed by atoms with Gasteiger partial charge in [0.2, 0.25) is 0 Å². The average Bonchev–Trinajstić information content (AvgIpc) is 2.63. The minimum absolute atomic E-state index is 0.346. The maximum Gasteiger partial charge on any atom is 0.503 e. The van der Waals surface area contributed by atoms with Gasteiger partial charge in [-0.05, 0) is 6.42 Å². The summed E-state index contributed by atoms with van der Waals surface area (Å²) >= 11 is 0. The van der Waals surface area contributed by atoms with Crippen molar-refractivity contribution in [1.29, 1.82) is 0 Å². The van der Waals surface area contributed by atoms with Crippen LogP contribution in [0.1, 0.15) is 135 Å². The number of hydrogen-bond acceptors (Lipinski definition) is 2. The number of hydrogen-bond donors (Lipinski definition) is 3. The Balaban J connectivity index is 0. The molecule has 0 aromatic carbocycles. The molecular formula is C23H46O5. The molecule has 0 aromatic rings. The van der Waals surface area contributed by atoms with E-state index in [1.54, 1.807) is 0 Å². The van der Waals surface area contributed by atoms with Crippen LogP contribution in [0.2, 0.25) is 0 Å². The second-order valence-corrected chi connectivity index (χ2v) is 7.79. The number of carboxylic acids is 1. The topological polar surface area (TPSA) is 94.8 Å². The molecule has 0 spiro atoms. The molecule has 3 N–H and O–H groups in total. The molecule has 28 heavy (non-hydrogen) atoms. The monoisotopic (exact) mass is 402 g/mol. The van der Waals surface area contributed by atoms with Crippen LogP contribution >= 0.6 is 0 Å². The molecule has 0 heterocycles. The van der Waals surface area contributed by atoms with Crippen LogP contribution in [0.3, 0.4) is 0 Å². The van der Waals surface area contributed by atoms with Crippen LogP contribution in [-0.2, 0) is 4.79 Å². The highest BCUT2D eigenvalue weighted by Gasteiger charge is 1.97. The van der Waals surface area contributed by atoms with E-state index in [4.69, 9.17) is 20.1 Å². The molecule has 0 amide bonds. The zero-order valence-corrected chi connectivity index (χ0v) is 18.3. The van der Waals surface area contributed by atoms with Gasteiger partial charge in [-0.25, -0.2) is 4.79 Å². The maximum absolute atomic E-state index is 10.4. The molecule has 0 radical (unpaired) electrons. The first-order chi connectivity index (χ1) is 13.5. The molecule has 0 atom stereocenters. The lowest BCUT2D eigenvalue weighted by Gasteiger charge is -2.03. The Morgan fingerprint density at radius 3 is 0.893 bits per heavy atom. The Kier molecular flexibility index (Phi) is 26.6. The van der Waals surface area contributed by atoms with Crippen molar-refractivity contribution in [1.82, 2.24) is 0 Å². The summed E-state index contributed by atoms with van der Waals surface area (Å²) in [5, 5.41) is 22.5. The molecule has 0 bridgehead atoms. The third-order valence-corrected chi connectivity index (χ3v) is 4.99. The predicted octanol–water partition coefficient (Wildman–Crippen LogP) is 8.12. The lowest BCUT2D eigenvalue weighted by molar-refractivity contribution is -0.137. The van der Waals surface area contributed by atoms with Crippen LogP contribution in [0.25, 0.3) is 0 Å². The highest BCUT2D eigenvalue weighted by atomic mass is 16.6. The molecule has 0 aromatic heterocycles. The summed E-state index contributed by atoms with van der Waals surface area (Å²) in [4.78, 5) is 18.9. The van der Waals surface area contributed by atoms with Gasteiger partial charge < -0.3 is 15.3 Å². The van der Waals surface area contributed by atoms with Gasteiger partial charge in [0.1, 0.15) is 0 Å². The van der Waals surface area contributed by atoms with Gasteiger partial charge in [0, 0.05) is 6.42 Å². The van der Waals surface area contributed by atoms with E-state index in [2.05, 4.69) is 6.92 Å². The van der Waals surface area contributed by atoms with Crippen LogP contribution in [-0.4, -0.2) is 27.4 Å². The first-order valence-electron chi connectivity index (χ1n) is 11.6. The fraction of sp³-hybridized carbons (Fsp3) is 0.913. The zero-order valence-electron chi connectivity index (χ0n) is 18.3. The summed E-state index contributed by atoms with van der Waals surface area (Å²) in [6, 6.07) is 0. The SMILES string of the molecule is CCCCCCCCCCCCCCCCCCCCCC(=O)O.O=C(O)O. The van der Waals surface area contributed by atoms with Crippen LogP contribution in [0.5, 0.6) is 0 Å². The number of rotatable bonds is 20. The first-order valence-corrected chi connectivity index (χ1v) is 11.6. The van der Waals surface area contributed by atoms with Gasteiger partial charge in [0.25, 0.3) is 0 Å². The molecule has 0 rings (SSSR count). The Morgan fingerprint density at radius 2 is 0.679 bits per heavy atom. The molecule has 0 saturated heterocycles. The van der Waals surface area contributed by atoms with Crippen molar-refractivity contribution < 1.29 is 24.9 Å². The summed E-state index contributed by atoms with van der Waals surface area (Å²) < 4.78 is 0. The molecule has 0 aliphatic carbocycles. The molecule has 0 saturated carbocycles. The van der Waals surface area contributed by atoms with Gasteiger partial charge in [0.15, 0.2) is 0 Å². The summed E-state index contributed by atoms with van der Waals surface area (Å²) in [7, 11) is 0. The van der Waals surface area contributed by atoms with E-state index in [9.17, 15) is 4.79 Å². The minimum atomic E-state index is -1.83. The molecular weight excluding hydrogens is 356 g/mol. The Labute approximate surface area is 172 Å². The molecule has 0 unspecified atom stereocenters. The molecule has 5 heteroatoms. The molecule has 0 fully saturated rings. The van der Waals surface area contributed by atoms with Crippen molar-refractivity contribution in [2.24, 2.45) is 0 Å². The maximum atomic E-state index is 10.4. The molecule has 168 valence electrons. The second kappa shape index (κ2) is 25.7. The van der Waals surface area contributed by atoms with Gasteiger partial charge in [-0.15, -0.1) is 0 Å². The Hall–Kier alpha value is -1.26. The predicted molar refractivity (Wildman–Crippen MR) is 116 cm³/mol. The van der Waals surface area contributed by atoms with Crippen molar-refractivity contribution in [3.05, 3.63) is 0 Å². The third-order valence-electron chi connectivity index (χ3n) is 4.99. The standard InChI is InChI=1S/C22H44O2.CH2O3/c1-2-3-4-5-6-7-8-9-10-11-12-13-14-15-16-17-18-19-20-21-22(23)24;2-1(3)4/h2-21H2,1H3,(H,23,24);(H2,2,3,4). The van der Waals surface area contributed by atoms with Crippen molar-refractivity contribution in [2.75, 3.05) is 0 Å². The van der Waals surface area contributed by atoms with Crippen molar-refractivity contribution >= 4 is 12.1 Å². The van der Waals surface area contributed by atoms with E-state index in [0.29, 0.717) is 6.42 Å². The van der Waals surface area contributed by atoms with Gasteiger partial charge >= 0.3 is 12.1 Å². The largest absolute Gasteiger partial charge is 0.503 e. The van der Waals surface area contributed by atoms with Gasteiger partial charge in [0.05, 0.1) is 0 Å². The van der Waals surface area contributed by atoms with Crippen LogP contribution in [0.4, 0.5) is 4.79 Å². The minimum Gasteiger partial charge on any atom is -0.481 e. The van der Waals surface area contributed by atoms with E-state index in [1.807, 2.05) is 0 Å². The highest BCUT2D eigenvalue weighted by Crippen LogP contribution is 2.14. The molecule has 0 aliphatic rings. The van der Waals surface area contributed by atoms with E-state index in [1.165, 1.54) is 109 Å². The van der Waals surface area contributed by atoms with Crippen molar-refractivity contribution in [3.8, 4) is 0 Å². The van der Waals surface area contributed by atoms with Crippen molar-refractivity contribution in [3.63, 3.8) is 0 Å². The second-order valence-electron chi connectivity index (χ2n) is 7.79. The average molecular weight is 403 g/mol. The Morgan fingerprint density at radius 1 is 0.464 bits per heavy atom. The summed E-state index contributed by atoms with van der Waals surface area (Å²) in [6.07, 6.45) is 24.3. The van der Waals surface area contributed by atoms with Gasteiger partial charge in [-0.2, -0.15) is 0 Å². The number of carboxylic acid groups (broad SMARTS) is 3. The van der Waals surface area contributed by atoms with Gasteiger partial charge in [-0.1, -0.05) is 122 Å². The fourth-order valence-electron chi connectivity index (χ4n) is 3.35. The molecule has 5 nitrogen and oxygen atoms in total. The first kappa shape index (κ1) is 28.9. The Bertz CT molecular complexity index is 327. The smallest absolute Gasteiger partial charge is 0.481 e. The zero-order chi connectivity index (χ0) is 21.3. The van der Waals surface area contributed by atoms with Crippen LogP contribution in [0, 0.1) is 0 Å². The van der Waals surface area contributed by atoms with Crippen LogP contribution < -0.4 is 0 Å². The van der Waals surface area contributed by atoms with E-state index >= 15 is 0 Å². The van der Waals surface area contributed by atoms with E-state index < -0.39 is 12.1 Å². The molecule has 0 aliphatic heterocycles. The number of aliphatic carboxylic acids is 1. The van der Waals surface area contributed by atoms with E-state index in [0.717, 1.165) is 12.8 Å². The van der Waals surface area contributed by atoms with Crippen molar-refractivity contribution in [2.45, 2.75) is 135 Å². The summed E-state index contributed by atoms with van der Waals surface area (Å²) in [5.41, 5.74) is 0.